The smallest absolute Gasteiger partial charge is 0.408 e. The predicted molar refractivity (Wildman–Crippen MR) is 140 cm³/mol. The highest BCUT2D eigenvalue weighted by Crippen LogP contribution is 2.31. The molecule has 0 aliphatic carbocycles. The van der Waals surface area contributed by atoms with Gasteiger partial charge < -0.3 is 24.9 Å². The number of oxime groups is 1. The number of hydrogen-bond acceptors (Lipinski definition) is 7. The minimum atomic E-state index is -1.28. The summed E-state index contributed by atoms with van der Waals surface area (Å²) in [4.78, 5) is 32.1. The zero-order valence-electron chi connectivity index (χ0n) is 21.8. The minimum Gasteiger partial charge on any atom is -0.488 e. The summed E-state index contributed by atoms with van der Waals surface area (Å²) in [6.07, 6.45) is 1.44. The summed E-state index contributed by atoms with van der Waals surface area (Å²) >= 11 is 5.32. The van der Waals surface area contributed by atoms with Crippen molar-refractivity contribution in [3.8, 4) is 0 Å². The van der Waals surface area contributed by atoms with Crippen LogP contribution >= 0.6 is 12.2 Å². The quantitative estimate of drug-likeness (QED) is 0.453. The van der Waals surface area contributed by atoms with Crippen LogP contribution in [-0.4, -0.2) is 53.2 Å². The van der Waals surface area contributed by atoms with Crippen molar-refractivity contribution in [3.05, 3.63) is 35.9 Å². The molecule has 0 saturated carbocycles. The van der Waals surface area contributed by atoms with Gasteiger partial charge in [0.1, 0.15) is 5.60 Å². The van der Waals surface area contributed by atoms with E-state index in [2.05, 4.69) is 15.8 Å². The molecule has 1 unspecified atom stereocenters. The standard InChI is InChI=1S/C26H39N3O5S/c1-8-12-19(22(35)32-7)27-23(30)26(15-18-13-10-9-11-14-18)16-20(29-34-26)21(17(2)3)28-24(31)33-25(4,5)6/h9-11,13-14,17,19,21H,8,12,15-16H2,1-7H3,(H,27,30)(H,28,31)/t19-,21-,26?/m0/s1. The first kappa shape index (κ1) is 28.6. The number of ether oxygens (including phenoxy) is 2. The second kappa shape index (κ2) is 12.3. The molecule has 1 aliphatic rings. The molecule has 1 aromatic rings. The van der Waals surface area contributed by atoms with Gasteiger partial charge in [0, 0.05) is 12.8 Å². The van der Waals surface area contributed by atoms with Crippen LogP contribution in [0.5, 0.6) is 0 Å². The lowest BCUT2D eigenvalue weighted by atomic mass is 9.85. The molecule has 8 nitrogen and oxygen atoms in total. The first-order valence-corrected chi connectivity index (χ1v) is 12.5. The number of carbonyl (C=O) groups excluding carboxylic acids is 2. The number of carbonyl (C=O) groups is 2. The molecule has 1 aromatic carbocycles. The molecule has 0 fully saturated rings. The molecule has 2 rings (SSSR count). The summed E-state index contributed by atoms with van der Waals surface area (Å²) in [6, 6.07) is 8.76. The molecule has 0 spiro atoms. The summed E-state index contributed by atoms with van der Waals surface area (Å²) in [5.41, 5.74) is -0.403. The van der Waals surface area contributed by atoms with Crippen molar-refractivity contribution in [3.63, 3.8) is 0 Å². The third kappa shape index (κ3) is 8.19. The van der Waals surface area contributed by atoms with Crippen molar-refractivity contribution in [1.82, 2.24) is 10.6 Å². The molecule has 3 atom stereocenters. The predicted octanol–water partition coefficient (Wildman–Crippen LogP) is 4.55. The highest BCUT2D eigenvalue weighted by atomic mass is 32.1. The number of amides is 2. The Morgan fingerprint density at radius 1 is 1.20 bits per heavy atom. The van der Waals surface area contributed by atoms with Crippen LogP contribution in [0.25, 0.3) is 0 Å². The molecule has 0 saturated heterocycles. The van der Waals surface area contributed by atoms with Gasteiger partial charge >= 0.3 is 6.09 Å². The Kier molecular flexibility index (Phi) is 10.1. The number of hydrogen-bond donors (Lipinski definition) is 2. The van der Waals surface area contributed by atoms with Gasteiger partial charge in [0.25, 0.3) is 5.91 Å². The Morgan fingerprint density at radius 2 is 1.86 bits per heavy atom. The summed E-state index contributed by atoms with van der Waals surface area (Å²) < 4.78 is 10.7. The highest BCUT2D eigenvalue weighted by Gasteiger charge is 2.49. The van der Waals surface area contributed by atoms with E-state index < -0.39 is 29.4 Å². The van der Waals surface area contributed by atoms with Gasteiger partial charge in [-0.25, -0.2) is 4.79 Å². The minimum absolute atomic E-state index is 0.00522. The third-order valence-corrected chi connectivity index (χ3v) is 6.07. The van der Waals surface area contributed by atoms with Gasteiger partial charge in [-0.3, -0.25) is 4.79 Å². The zero-order valence-corrected chi connectivity index (χ0v) is 22.7. The van der Waals surface area contributed by atoms with Crippen LogP contribution in [0.2, 0.25) is 0 Å². The monoisotopic (exact) mass is 505 g/mol. The molecule has 2 N–H and O–H groups in total. The molecule has 0 bridgehead atoms. The summed E-state index contributed by atoms with van der Waals surface area (Å²) in [5, 5.41) is 10.6. The number of benzene rings is 1. The molecular weight excluding hydrogens is 466 g/mol. The average Bonchev–Trinajstić information content (AvgIpc) is 3.20. The fraction of sp³-hybridized carbons (Fsp3) is 0.615. The van der Waals surface area contributed by atoms with E-state index in [0.29, 0.717) is 23.6 Å². The van der Waals surface area contributed by atoms with Crippen LogP contribution in [-0.2, 0) is 25.5 Å². The van der Waals surface area contributed by atoms with Gasteiger partial charge in [0.2, 0.25) is 5.60 Å². The Morgan fingerprint density at radius 3 is 2.40 bits per heavy atom. The van der Waals surface area contributed by atoms with Crippen LogP contribution in [0.3, 0.4) is 0 Å². The highest BCUT2D eigenvalue weighted by molar-refractivity contribution is 7.80. The Hall–Kier alpha value is -2.68. The molecular formula is C26H39N3O5S. The van der Waals surface area contributed by atoms with Gasteiger partial charge in [-0.05, 0) is 50.9 Å². The average molecular weight is 506 g/mol. The molecule has 194 valence electrons. The summed E-state index contributed by atoms with van der Waals surface area (Å²) in [7, 11) is 1.50. The first-order chi connectivity index (χ1) is 16.4. The SMILES string of the molecule is CCC[C@H](NC(=O)C1(Cc2ccccc2)CC([C@@H](NC(=O)OC(C)(C)C)C(C)C)=NO1)C(=S)OC. The maximum absolute atomic E-state index is 13.7. The number of nitrogens with zero attached hydrogens (tertiary/aromatic N) is 1. The van der Waals surface area contributed by atoms with Gasteiger partial charge in [-0.15, -0.1) is 0 Å². The summed E-state index contributed by atoms with van der Waals surface area (Å²) in [6.45, 7) is 11.4. The fourth-order valence-electron chi connectivity index (χ4n) is 3.93. The lowest BCUT2D eigenvalue weighted by molar-refractivity contribution is -0.144. The fourth-order valence-corrected chi connectivity index (χ4v) is 4.11. The summed E-state index contributed by atoms with van der Waals surface area (Å²) in [5.74, 6) is -0.327. The molecule has 0 radical (unpaired) electrons. The normalized spacial score (nSPS) is 19.3. The number of alkyl carbamates (subject to hydrolysis) is 1. The Bertz CT molecular complexity index is 913. The largest absolute Gasteiger partial charge is 0.488 e. The van der Waals surface area contributed by atoms with Crippen LogP contribution in [0.1, 0.15) is 66.4 Å². The van der Waals surface area contributed by atoms with Gasteiger partial charge in [-0.2, -0.15) is 0 Å². The van der Waals surface area contributed by atoms with Crippen molar-refractivity contribution < 1.29 is 23.9 Å². The van der Waals surface area contributed by atoms with E-state index in [9.17, 15) is 9.59 Å². The van der Waals surface area contributed by atoms with Crippen LogP contribution in [0.4, 0.5) is 4.79 Å². The second-order valence-corrected chi connectivity index (χ2v) is 10.6. The van der Waals surface area contributed by atoms with Gasteiger partial charge in [0.15, 0.2) is 5.05 Å². The van der Waals surface area contributed by atoms with E-state index in [1.807, 2.05) is 51.1 Å². The van der Waals surface area contributed by atoms with Crippen molar-refractivity contribution in [2.45, 2.75) is 90.5 Å². The number of nitrogens with one attached hydrogen (secondary N) is 2. The molecule has 35 heavy (non-hydrogen) atoms. The molecule has 0 aromatic heterocycles. The molecule has 2 amide bonds. The molecule has 1 heterocycles. The third-order valence-electron chi connectivity index (χ3n) is 5.62. The van der Waals surface area contributed by atoms with Gasteiger partial charge in [0.05, 0.1) is 24.9 Å². The van der Waals surface area contributed by atoms with E-state index in [0.717, 1.165) is 12.0 Å². The lowest BCUT2D eigenvalue weighted by Crippen LogP contribution is -2.54. The van der Waals surface area contributed by atoms with E-state index in [-0.39, 0.29) is 18.2 Å². The number of methoxy groups -OCH3 is 1. The van der Waals surface area contributed by atoms with E-state index >= 15 is 0 Å². The van der Waals surface area contributed by atoms with Crippen LogP contribution in [0, 0.1) is 5.92 Å². The molecule has 9 heteroatoms. The second-order valence-electron chi connectivity index (χ2n) is 10.2. The number of rotatable bonds is 10. The zero-order chi connectivity index (χ0) is 26.2. The van der Waals surface area contributed by atoms with E-state index in [4.69, 9.17) is 26.5 Å². The van der Waals surface area contributed by atoms with Crippen molar-refractivity contribution in [2.24, 2.45) is 11.1 Å². The van der Waals surface area contributed by atoms with Crippen molar-refractivity contribution >= 4 is 35.0 Å². The Labute approximate surface area is 214 Å². The molecule has 1 aliphatic heterocycles. The van der Waals surface area contributed by atoms with E-state index in [1.54, 1.807) is 20.8 Å². The first-order valence-electron chi connectivity index (χ1n) is 12.1. The lowest BCUT2D eigenvalue weighted by Gasteiger charge is -2.29. The van der Waals surface area contributed by atoms with Crippen LogP contribution < -0.4 is 10.6 Å². The topological polar surface area (TPSA) is 98.3 Å². The van der Waals surface area contributed by atoms with Crippen molar-refractivity contribution in [1.29, 1.82) is 0 Å². The van der Waals surface area contributed by atoms with Crippen molar-refractivity contribution in [2.75, 3.05) is 7.11 Å². The maximum atomic E-state index is 13.7. The number of thiocarbonyl (C=S) groups is 1. The van der Waals surface area contributed by atoms with Crippen LogP contribution in [0.15, 0.2) is 35.5 Å². The van der Waals surface area contributed by atoms with Gasteiger partial charge in [-0.1, -0.05) is 62.7 Å². The maximum Gasteiger partial charge on any atom is 0.408 e. The van der Waals surface area contributed by atoms with E-state index in [1.165, 1.54) is 7.11 Å². The Balaban J connectivity index is 2.30.